The highest BCUT2D eigenvalue weighted by Gasteiger charge is 2.11. The van der Waals surface area contributed by atoms with E-state index in [1.54, 1.807) is 19.3 Å². The molecule has 84 valence electrons. The Bertz CT molecular complexity index is 543. The topological polar surface area (TPSA) is 43.6 Å². The largest absolute Gasteiger partial charge is 0.461 e. The van der Waals surface area contributed by atoms with Crippen molar-refractivity contribution in [1.29, 1.82) is 0 Å². The van der Waals surface area contributed by atoms with E-state index >= 15 is 0 Å². The van der Waals surface area contributed by atoms with E-state index in [-0.39, 0.29) is 5.97 Å². The van der Waals surface area contributed by atoms with Crippen LogP contribution >= 0.6 is 0 Å². The third-order valence-electron chi connectivity index (χ3n) is 2.54. The highest BCUT2D eigenvalue weighted by molar-refractivity contribution is 5.88. The van der Waals surface area contributed by atoms with E-state index in [1.807, 2.05) is 18.2 Å². The first-order valence-corrected chi connectivity index (χ1v) is 5.25. The Kier molecular flexibility index (Phi) is 2.64. The first-order valence-electron chi connectivity index (χ1n) is 5.25. The average molecular weight is 218 g/mol. The van der Waals surface area contributed by atoms with Gasteiger partial charge in [-0.3, -0.25) is 0 Å². The van der Waals surface area contributed by atoms with E-state index in [4.69, 9.17) is 4.74 Å². The first-order chi connectivity index (χ1) is 7.63. The quantitative estimate of drug-likeness (QED) is 0.725. The first kappa shape index (κ1) is 10.7. The molecule has 0 atom stereocenters. The van der Waals surface area contributed by atoms with Crippen LogP contribution in [0.2, 0.25) is 0 Å². The Hall–Kier alpha value is -1.84. The molecule has 0 aliphatic rings. The molecule has 4 heteroatoms. The van der Waals surface area contributed by atoms with Gasteiger partial charge >= 0.3 is 5.97 Å². The van der Waals surface area contributed by atoms with Crippen LogP contribution in [0, 0.1) is 13.8 Å². The van der Waals surface area contributed by atoms with E-state index in [0.717, 1.165) is 16.8 Å². The van der Waals surface area contributed by atoms with Gasteiger partial charge in [0.05, 0.1) is 12.1 Å². The highest BCUT2D eigenvalue weighted by Crippen LogP contribution is 2.16. The van der Waals surface area contributed by atoms with Crippen molar-refractivity contribution in [3.05, 3.63) is 35.4 Å². The summed E-state index contributed by atoms with van der Waals surface area (Å²) in [6.45, 7) is 6.16. The summed E-state index contributed by atoms with van der Waals surface area (Å²) in [5.74, 6) is -0.372. The summed E-state index contributed by atoms with van der Waals surface area (Å²) in [5, 5.41) is 0. The summed E-state index contributed by atoms with van der Waals surface area (Å²) in [6, 6.07) is 3.83. The van der Waals surface area contributed by atoms with Crippen LogP contribution in [0.15, 0.2) is 18.5 Å². The second-order valence-corrected chi connectivity index (χ2v) is 3.72. The molecule has 0 aliphatic heterocycles. The molecule has 0 saturated heterocycles. The lowest BCUT2D eigenvalue weighted by molar-refractivity contribution is 0.0519. The molecule has 2 rings (SSSR count). The van der Waals surface area contributed by atoms with Gasteiger partial charge in [-0.15, -0.1) is 0 Å². The summed E-state index contributed by atoms with van der Waals surface area (Å²) < 4.78 is 6.87. The van der Waals surface area contributed by atoms with Gasteiger partial charge in [-0.1, -0.05) is 0 Å². The predicted molar refractivity (Wildman–Crippen MR) is 60.6 cm³/mol. The molecule has 0 spiro atoms. The molecule has 2 aromatic heterocycles. The number of fused-ring (bicyclic) bond motifs is 1. The molecular formula is C12H14N2O2. The zero-order valence-electron chi connectivity index (χ0n) is 9.65. The maximum Gasteiger partial charge on any atom is 0.357 e. The second-order valence-electron chi connectivity index (χ2n) is 3.72. The van der Waals surface area contributed by atoms with E-state index in [9.17, 15) is 4.79 Å². The van der Waals surface area contributed by atoms with Gasteiger partial charge < -0.3 is 9.14 Å². The van der Waals surface area contributed by atoms with Crippen LogP contribution in [-0.2, 0) is 4.74 Å². The molecule has 2 heterocycles. The smallest absolute Gasteiger partial charge is 0.357 e. The molecule has 0 N–H and O–H groups in total. The molecule has 0 aromatic carbocycles. The number of hydrogen-bond donors (Lipinski definition) is 0. The van der Waals surface area contributed by atoms with Crippen molar-refractivity contribution < 1.29 is 9.53 Å². The van der Waals surface area contributed by atoms with Crippen molar-refractivity contribution in [1.82, 2.24) is 9.38 Å². The monoisotopic (exact) mass is 218 g/mol. The third kappa shape index (κ3) is 1.66. The van der Waals surface area contributed by atoms with Gasteiger partial charge in [0.2, 0.25) is 0 Å². The van der Waals surface area contributed by atoms with Gasteiger partial charge in [-0.25, -0.2) is 9.78 Å². The van der Waals surface area contributed by atoms with Crippen molar-refractivity contribution in [2.45, 2.75) is 20.8 Å². The molecule has 0 unspecified atom stereocenters. The Balaban J connectivity index is 2.51. The number of rotatable bonds is 2. The lowest BCUT2D eigenvalue weighted by Gasteiger charge is -2.03. The number of aryl methyl sites for hydroxylation is 2. The molecule has 0 radical (unpaired) electrons. The maximum absolute atomic E-state index is 11.5. The zero-order valence-corrected chi connectivity index (χ0v) is 9.65. The van der Waals surface area contributed by atoms with Gasteiger partial charge in [-0.2, -0.15) is 0 Å². The lowest BCUT2D eigenvalue weighted by Crippen LogP contribution is -2.08. The van der Waals surface area contributed by atoms with Gasteiger partial charge in [0, 0.05) is 5.69 Å². The van der Waals surface area contributed by atoms with Crippen molar-refractivity contribution in [3.63, 3.8) is 0 Å². The summed E-state index contributed by atoms with van der Waals surface area (Å²) in [6.07, 6.45) is 1.66. The summed E-state index contributed by atoms with van der Waals surface area (Å²) in [7, 11) is 0. The van der Waals surface area contributed by atoms with Crippen LogP contribution in [-0.4, -0.2) is 22.0 Å². The molecule has 4 nitrogen and oxygen atoms in total. The van der Waals surface area contributed by atoms with Gasteiger partial charge in [0.15, 0.2) is 5.69 Å². The SMILES string of the molecule is CCOC(=O)c1cc2c(C)cc(C)n2cn1. The van der Waals surface area contributed by atoms with Crippen molar-refractivity contribution in [2.24, 2.45) is 0 Å². The average Bonchev–Trinajstić information content (AvgIpc) is 2.55. The predicted octanol–water partition coefficient (Wildman–Crippen LogP) is 2.13. The number of nitrogens with zero attached hydrogens (tertiary/aromatic N) is 2. The lowest BCUT2D eigenvalue weighted by atomic mass is 10.2. The van der Waals surface area contributed by atoms with Crippen molar-refractivity contribution in [2.75, 3.05) is 6.61 Å². The Morgan fingerprint density at radius 3 is 2.88 bits per heavy atom. The Labute approximate surface area is 93.9 Å². The number of aromatic nitrogens is 2. The second kappa shape index (κ2) is 3.96. The number of ether oxygens (including phenoxy) is 1. The number of carbonyl (C=O) groups excluding carboxylic acids is 1. The molecule has 2 aromatic rings. The minimum atomic E-state index is -0.372. The molecule has 0 aliphatic carbocycles. The maximum atomic E-state index is 11.5. The molecule has 16 heavy (non-hydrogen) atoms. The summed E-state index contributed by atoms with van der Waals surface area (Å²) in [5.41, 5.74) is 3.59. The van der Waals surface area contributed by atoms with E-state index in [2.05, 4.69) is 11.1 Å². The van der Waals surface area contributed by atoms with Crippen molar-refractivity contribution >= 4 is 11.5 Å². The molecule has 0 amide bonds. The zero-order chi connectivity index (χ0) is 11.7. The van der Waals surface area contributed by atoms with Crippen molar-refractivity contribution in [3.8, 4) is 0 Å². The molecular weight excluding hydrogens is 204 g/mol. The molecule has 0 saturated carbocycles. The fraction of sp³-hybridized carbons (Fsp3) is 0.333. The van der Waals surface area contributed by atoms with Gasteiger partial charge in [-0.05, 0) is 38.5 Å². The minimum Gasteiger partial charge on any atom is -0.461 e. The fourth-order valence-electron chi connectivity index (χ4n) is 1.78. The van der Waals surface area contributed by atoms with E-state index < -0.39 is 0 Å². The van der Waals surface area contributed by atoms with E-state index in [0.29, 0.717) is 12.3 Å². The Morgan fingerprint density at radius 2 is 2.19 bits per heavy atom. The van der Waals surface area contributed by atoms with Crippen LogP contribution in [0.5, 0.6) is 0 Å². The number of carbonyl (C=O) groups is 1. The minimum absolute atomic E-state index is 0.357. The number of esters is 1. The number of hydrogen-bond acceptors (Lipinski definition) is 3. The Morgan fingerprint density at radius 1 is 1.44 bits per heavy atom. The summed E-state index contributed by atoms with van der Waals surface area (Å²) >= 11 is 0. The molecule has 0 bridgehead atoms. The normalized spacial score (nSPS) is 10.7. The van der Waals surface area contributed by atoms with Gasteiger partial charge in [0.25, 0.3) is 0 Å². The van der Waals surface area contributed by atoms with Gasteiger partial charge in [0.1, 0.15) is 6.33 Å². The van der Waals surface area contributed by atoms with Crippen LogP contribution in [0.25, 0.3) is 5.52 Å². The van der Waals surface area contributed by atoms with Crippen LogP contribution in [0.3, 0.4) is 0 Å². The van der Waals surface area contributed by atoms with Crippen LogP contribution in [0.4, 0.5) is 0 Å². The van der Waals surface area contributed by atoms with Crippen LogP contribution < -0.4 is 0 Å². The van der Waals surface area contributed by atoms with Crippen LogP contribution in [0.1, 0.15) is 28.7 Å². The fourth-order valence-corrected chi connectivity index (χ4v) is 1.78. The third-order valence-corrected chi connectivity index (χ3v) is 2.54. The highest BCUT2D eigenvalue weighted by atomic mass is 16.5. The molecule has 0 fully saturated rings. The van der Waals surface area contributed by atoms with E-state index in [1.165, 1.54) is 0 Å². The standard InChI is InChI=1S/C12H14N2O2/c1-4-16-12(15)10-6-11-8(2)5-9(3)14(11)7-13-10/h5-7H,4H2,1-3H3. The summed E-state index contributed by atoms with van der Waals surface area (Å²) in [4.78, 5) is 15.6.